The third kappa shape index (κ3) is 9.78. The van der Waals surface area contributed by atoms with Crippen LogP contribution >= 0.6 is 0 Å². The maximum atomic E-state index is 10.7. The van der Waals surface area contributed by atoms with Crippen LogP contribution in [0.1, 0.15) is 33.4 Å². The van der Waals surface area contributed by atoms with Gasteiger partial charge in [-0.2, -0.15) is 10.5 Å². The van der Waals surface area contributed by atoms with Crippen molar-refractivity contribution < 1.29 is 0 Å². The Morgan fingerprint density at radius 2 is 0.886 bits per heavy atom. The summed E-state index contributed by atoms with van der Waals surface area (Å²) >= 11 is 0. The van der Waals surface area contributed by atoms with E-state index in [2.05, 4.69) is 112 Å². The molecule has 10 rings (SSSR count). The van der Waals surface area contributed by atoms with Gasteiger partial charge in [0.25, 0.3) is 0 Å². The number of hydrogen-bond donors (Lipinski definition) is 0. The number of pyridine rings is 3. The summed E-state index contributed by atoms with van der Waals surface area (Å²) in [5.74, 6) is 0. The predicted molar refractivity (Wildman–Crippen MR) is 281 cm³/mol. The van der Waals surface area contributed by atoms with Crippen molar-refractivity contribution in [2.45, 2.75) is 25.7 Å². The van der Waals surface area contributed by atoms with Crippen LogP contribution in [0, 0.1) is 29.2 Å². The van der Waals surface area contributed by atoms with Gasteiger partial charge in [0.1, 0.15) is 0 Å². The summed E-state index contributed by atoms with van der Waals surface area (Å²) in [6.45, 7) is 8.07. The predicted octanol–water partition coefficient (Wildman–Crippen LogP) is 15.4. The summed E-state index contributed by atoms with van der Waals surface area (Å²) < 4.78 is 0. The van der Waals surface area contributed by atoms with Gasteiger partial charge in [0.2, 0.25) is 0 Å². The van der Waals surface area contributed by atoms with E-state index in [1.165, 1.54) is 5.56 Å². The van der Waals surface area contributed by atoms with Crippen molar-refractivity contribution >= 4 is 5.69 Å². The first-order chi connectivity index (χ1) is 34.5. The van der Waals surface area contributed by atoms with Gasteiger partial charge in [-0.15, -0.1) is 0 Å². The van der Waals surface area contributed by atoms with Crippen molar-refractivity contribution in [1.29, 1.82) is 10.5 Å². The Kier molecular flexibility index (Phi) is 13.0. The Labute approximate surface area is 409 Å². The van der Waals surface area contributed by atoms with Gasteiger partial charge in [0, 0.05) is 35.3 Å². The van der Waals surface area contributed by atoms with Crippen molar-refractivity contribution in [1.82, 2.24) is 15.0 Å². The molecule has 0 unspecified atom stereocenters. The highest BCUT2D eigenvalue weighted by Gasteiger charge is 2.16. The van der Waals surface area contributed by atoms with Gasteiger partial charge < -0.3 is 0 Å². The minimum absolute atomic E-state index is 0.555. The zero-order valence-corrected chi connectivity index (χ0v) is 38.3. The molecule has 0 saturated carbocycles. The summed E-state index contributed by atoms with van der Waals surface area (Å²) in [5.41, 5.74) is 19.5. The summed E-state index contributed by atoms with van der Waals surface area (Å²) in [6.07, 6.45) is 8.11. The molecular formula is C64H44N6. The van der Waals surface area contributed by atoms with E-state index in [0.717, 1.165) is 95.0 Å². The van der Waals surface area contributed by atoms with E-state index < -0.39 is 0 Å². The third-order valence-electron chi connectivity index (χ3n) is 12.8. The first-order valence-electron chi connectivity index (χ1n) is 23.3. The molecule has 0 atom stereocenters. The summed E-state index contributed by atoms with van der Waals surface area (Å²) in [4.78, 5) is 17.7. The van der Waals surface area contributed by atoms with Crippen molar-refractivity contribution in [3.63, 3.8) is 0 Å². The SMILES string of the molecule is [C-]#[N+]c1cc(-c2ccccn2)ccc1CCc1cc(CCc2ccc(-c3ccccn3)cc2C#N)cc(-c2ccccc2-c2ccc(-c3cc(-c4ccc(-c5ccccc5)cc4)ccn3)cc2C#N)c1. The molecule has 0 spiro atoms. The fourth-order valence-electron chi connectivity index (χ4n) is 9.18. The average molecular weight is 897 g/mol. The Hall–Kier alpha value is -9.54. The summed E-state index contributed by atoms with van der Waals surface area (Å²) in [7, 11) is 0. The second-order valence-electron chi connectivity index (χ2n) is 17.2. The molecule has 0 bridgehead atoms. The van der Waals surface area contributed by atoms with Gasteiger partial charge in [0.15, 0.2) is 5.69 Å². The molecule has 0 radical (unpaired) electrons. The average Bonchev–Trinajstić information content (AvgIpc) is 3.44. The monoisotopic (exact) mass is 896 g/mol. The number of aromatic nitrogens is 3. The van der Waals surface area contributed by atoms with Gasteiger partial charge in [-0.1, -0.05) is 146 Å². The topological polar surface area (TPSA) is 90.6 Å². The standard InChI is InChI=1S/C64H44N6/c1-67-63-41-54(62-16-8-10-33-69-62)28-26-50(63)20-18-45-35-44(17-19-49-25-27-52(38-56(49)42-65)61-15-7-9-32-68-61)36-55(37-45)58-13-5-6-14-60(58)59-30-29-53(39-57(59)43-66)64-40-51(31-34-70-64)48-23-21-47(22-24-48)46-11-3-2-4-12-46/h2-16,21-41H,17-20H2. The van der Waals surface area contributed by atoms with E-state index in [-0.39, 0.29) is 0 Å². The lowest BCUT2D eigenvalue weighted by molar-refractivity contribution is 0.931. The molecule has 0 N–H and O–H groups in total. The van der Waals surface area contributed by atoms with Gasteiger partial charge in [-0.05, 0) is 147 Å². The van der Waals surface area contributed by atoms with Crippen LogP contribution in [0.4, 0.5) is 5.69 Å². The summed E-state index contributed by atoms with van der Waals surface area (Å²) in [5, 5.41) is 21.0. The first-order valence-corrected chi connectivity index (χ1v) is 23.3. The molecule has 0 saturated heterocycles. The molecule has 3 heterocycles. The second kappa shape index (κ2) is 20.5. The molecule has 10 aromatic rings. The number of benzene rings is 7. The van der Waals surface area contributed by atoms with Crippen LogP contribution in [-0.2, 0) is 25.7 Å². The minimum Gasteiger partial charge on any atom is -0.256 e. The molecule has 0 fully saturated rings. The molecule has 0 aliphatic rings. The van der Waals surface area contributed by atoms with E-state index in [1.54, 1.807) is 12.4 Å². The molecule has 70 heavy (non-hydrogen) atoms. The Morgan fingerprint density at radius 1 is 0.357 bits per heavy atom. The van der Waals surface area contributed by atoms with Crippen LogP contribution in [0.15, 0.2) is 219 Å². The number of hydrogen-bond acceptors (Lipinski definition) is 5. The van der Waals surface area contributed by atoms with Crippen LogP contribution in [0.5, 0.6) is 0 Å². The zero-order chi connectivity index (χ0) is 47.7. The molecule has 330 valence electrons. The molecule has 0 aliphatic carbocycles. The normalized spacial score (nSPS) is 10.8. The highest BCUT2D eigenvalue weighted by molar-refractivity contribution is 5.88. The quantitative estimate of drug-likeness (QED) is 0.108. The van der Waals surface area contributed by atoms with Gasteiger partial charge in [-0.25, -0.2) is 4.85 Å². The third-order valence-corrected chi connectivity index (χ3v) is 12.8. The molecule has 6 nitrogen and oxygen atoms in total. The number of nitrogens with zero attached hydrogens (tertiary/aromatic N) is 6. The van der Waals surface area contributed by atoms with Gasteiger partial charge in [-0.3, -0.25) is 15.0 Å². The van der Waals surface area contributed by atoms with E-state index in [9.17, 15) is 10.5 Å². The molecule has 0 amide bonds. The van der Waals surface area contributed by atoms with Crippen molar-refractivity contribution in [3.8, 4) is 90.4 Å². The molecule has 7 aromatic carbocycles. The Bertz CT molecular complexity index is 3500. The molecule has 0 aliphatic heterocycles. The van der Waals surface area contributed by atoms with Crippen molar-refractivity contribution in [3.05, 3.63) is 264 Å². The lowest BCUT2D eigenvalue weighted by atomic mass is 9.88. The van der Waals surface area contributed by atoms with Crippen LogP contribution < -0.4 is 0 Å². The van der Waals surface area contributed by atoms with E-state index in [1.807, 2.05) is 121 Å². The second-order valence-corrected chi connectivity index (χ2v) is 17.2. The highest BCUT2D eigenvalue weighted by Crippen LogP contribution is 2.38. The Morgan fingerprint density at radius 3 is 1.54 bits per heavy atom. The fourth-order valence-corrected chi connectivity index (χ4v) is 9.18. The van der Waals surface area contributed by atoms with Gasteiger partial charge >= 0.3 is 0 Å². The fraction of sp³-hybridized carbons (Fsp3) is 0.0625. The smallest absolute Gasteiger partial charge is 0.191 e. The molecule has 6 heteroatoms. The van der Waals surface area contributed by atoms with Crippen LogP contribution in [0.3, 0.4) is 0 Å². The van der Waals surface area contributed by atoms with Gasteiger partial charge in [0.05, 0.1) is 46.9 Å². The number of rotatable bonds is 13. The summed E-state index contributed by atoms with van der Waals surface area (Å²) in [6, 6.07) is 72.7. The largest absolute Gasteiger partial charge is 0.256 e. The Balaban J connectivity index is 0.973. The molecule has 3 aromatic heterocycles. The van der Waals surface area contributed by atoms with Crippen molar-refractivity contribution in [2.24, 2.45) is 0 Å². The van der Waals surface area contributed by atoms with Crippen molar-refractivity contribution in [2.75, 3.05) is 0 Å². The first kappa shape index (κ1) is 44.3. The van der Waals surface area contributed by atoms with Crippen LogP contribution in [-0.4, -0.2) is 15.0 Å². The lowest BCUT2D eigenvalue weighted by Crippen LogP contribution is -1.99. The minimum atomic E-state index is 0.555. The van der Waals surface area contributed by atoms with Crippen LogP contribution in [0.25, 0.3) is 83.1 Å². The van der Waals surface area contributed by atoms with E-state index >= 15 is 0 Å². The molecular weight excluding hydrogens is 853 g/mol. The zero-order valence-electron chi connectivity index (χ0n) is 38.3. The van der Waals surface area contributed by atoms with E-state index in [4.69, 9.17) is 11.6 Å². The van der Waals surface area contributed by atoms with E-state index in [0.29, 0.717) is 42.5 Å². The number of aryl methyl sites for hydroxylation is 4. The lowest BCUT2D eigenvalue weighted by Gasteiger charge is -2.16. The van der Waals surface area contributed by atoms with Crippen LogP contribution in [0.2, 0.25) is 0 Å². The maximum absolute atomic E-state index is 10.7. The number of nitriles is 2. The highest BCUT2D eigenvalue weighted by atomic mass is 14.7. The maximum Gasteiger partial charge on any atom is 0.191 e.